The Morgan fingerprint density at radius 3 is 2.80 bits per heavy atom. The molecule has 4 N–H and O–H groups in total. The molecule has 1 amide bonds. The number of carbonyl (C=O) groups is 1. The number of hydrogen-bond donors (Lipinski definition) is 3. The SMILES string of the molecule is CC(C)C[C@H](N)C(=O)Nc1nc2c(Cl)cccc2[nH]1.Cl. The van der Waals surface area contributed by atoms with E-state index >= 15 is 0 Å². The highest BCUT2D eigenvalue weighted by Gasteiger charge is 2.16. The molecule has 0 saturated heterocycles. The maximum absolute atomic E-state index is 11.9. The van der Waals surface area contributed by atoms with Gasteiger partial charge in [-0.2, -0.15) is 0 Å². The standard InChI is InChI=1S/C13H17ClN4O.ClH/c1-7(2)6-9(15)12(19)18-13-16-10-5-3-4-8(14)11(10)17-13;/h3-5,7,9H,6,15H2,1-2H3,(H2,16,17,18,19);1H/t9-;/m0./s1. The Bertz CT molecular complexity index is 597. The number of anilines is 1. The summed E-state index contributed by atoms with van der Waals surface area (Å²) in [6.07, 6.45) is 0.632. The molecule has 0 radical (unpaired) electrons. The van der Waals surface area contributed by atoms with E-state index < -0.39 is 6.04 Å². The van der Waals surface area contributed by atoms with Gasteiger partial charge in [-0.1, -0.05) is 31.5 Å². The highest BCUT2D eigenvalue weighted by Crippen LogP contribution is 2.22. The molecule has 0 aliphatic rings. The van der Waals surface area contributed by atoms with Gasteiger partial charge in [0.05, 0.1) is 16.6 Å². The molecule has 1 aromatic carbocycles. The normalized spacial score (nSPS) is 12.2. The second-order valence-electron chi connectivity index (χ2n) is 4.95. The second kappa shape index (κ2) is 6.92. The number of aromatic nitrogens is 2. The van der Waals surface area contributed by atoms with Crippen LogP contribution >= 0.6 is 24.0 Å². The zero-order valence-corrected chi connectivity index (χ0v) is 12.9. The summed E-state index contributed by atoms with van der Waals surface area (Å²) in [7, 11) is 0. The van der Waals surface area contributed by atoms with Crippen LogP contribution in [0.15, 0.2) is 18.2 Å². The van der Waals surface area contributed by atoms with E-state index in [1.54, 1.807) is 6.07 Å². The molecule has 0 bridgehead atoms. The first-order valence-electron chi connectivity index (χ1n) is 6.18. The smallest absolute Gasteiger partial charge is 0.243 e. The summed E-state index contributed by atoms with van der Waals surface area (Å²) in [5, 5.41) is 3.22. The predicted octanol–water partition coefficient (Wildman–Crippen LogP) is 2.95. The van der Waals surface area contributed by atoms with E-state index in [9.17, 15) is 4.79 Å². The monoisotopic (exact) mass is 316 g/mol. The number of rotatable bonds is 4. The number of hydrogen-bond acceptors (Lipinski definition) is 3. The third-order valence-electron chi connectivity index (χ3n) is 2.77. The van der Waals surface area contributed by atoms with Crippen LogP contribution in [-0.4, -0.2) is 21.9 Å². The quantitative estimate of drug-likeness (QED) is 0.810. The lowest BCUT2D eigenvalue weighted by atomic mass is 10.0. The van der Waals surface area contributed by atoms with E-state index in [0.717, 1.165) is 5.52 Å². The van der Waals surface area contributed by atoms with E-state index in [2.05, 4.69) is 15.3 Å². The van der Waals surface area contributed by atoms with Crippen molar-refractivity contribution in [3.63, 3.8) is 0 Å². The van der Waals surface area contributed by atoms with Crippen molar-refractivity contribution in [1.82, 2.24) is 9.97 Å². The van der Waals surface area contributed by atoms with E-state index in [4.69, 9.17) is 17.3 Å². The number of benzene rings is 1. The van der Waals surface area contributed by atoms with Gasteiger partial charge in [-0.05, 0) is 24.5 Å². The third-order valence-corrected chi connectivity index (χ3v) is 3.07. The zero-order chi connectivity index (χ0) is 14.0. The van der Waals surface area contributed by atoms with Gasteiger partial charge in [-0.3, -0.25) is 10.1 Å². The molecule has 5 nitrogen and oxygen atoms in total. The molecule has 20 heavy (non-hydrogen) atoms. The molecule has 110 valence electrons. The van der Waals surface area contributed by atoms with Gasteiger partial charge in [-0.15, -0.1) is 12.4 Å². The first-order valence-corrected chi connectivity index (χ1v) is 6.56. The van der Waals surface area contributed by atoms with Crippen molar-refractivity contribution in [2.75, 3.05) is 5.32 Å². The molecule has 7 heteroatoms. The summed E-state index contributed by atoms with van der Waals surface area (Å²) in [6, 6.07) is 4.88. The highest BCUT2D eigenvalue weighted by molar-refractivity contribution is 6.35. The van der Waals surface area contributed by atoms with Crippen molar-refractivity contribution in [1.29, 1.82) is 0 Å². The molecule has 0 fully saturated rings. The largest absolute Gasteiger partial charge is 0.324 e. The van der Waals surface area contributed by atoms with Gasteiger partial charge in [0, 0.05) is 0 Å². The minimum absolute atomic E-state index is 0. The molecule has 1 aromatic heterocycles. The van der Waals surface area contributed by atoms with Crippen LogP contribution in [0, 0.1) is 5.92 Å². The summed E-state index contributed by atoms with van der Waals surface area (Å²) in [4.78, 5) is 19.1. The number of para-hydroxylation sites is 1. The first-order chi connectivity index (χ1) is 8.97. The lowest BCUT2D eigenvalue weighted by Crippen LogP contribution is -2.36. The summed E-state index contributed by atoms with van der Waals surface area (Å²) < 4.78 is 0. The number of imidazole rings is 1. The summed E-state index contributed by atoms with van der Waals surface area (Å²) in [5.41, 5.74) is 7.22. The molecule has 0 unspecified atom stereocenters. The number of nitrogens with two attached hydrogens (primary N) is 1. The topological polar surface area (TPSA) is 83.8 Å². The minimum atomic E-state index is -0.538. The zero-order valence-electron chi connectivity index (χ0n) is 11.3. The van der Waals surface area contributed by atoms with Crippen molar-refractivity contribution in [2.45, 2.75) is 26.3 Å². The van der Waals surface area contributed by atoms with Gasteiger partial charge in [0.15, 0.2) is 0 Å². The molecule has 0 aliphatic carbocycles. The van der Waals surface area contributed by atoms with Crippen LogP contribution in [-0.2, 0) is 4.79 Å². The van der Waals surface area contributed by atoms with Crippen LogP contribution < -0.4 is 11.1 Å². The van der Waals surface area contributed by atoms with Crippen LogP contribution in [0.2, 0.25) is 5.02 Å². The van der Waals surface area contributed by atoms with E-state index in [0.29, 0.717) is 28.8 Å². The van der Waals surface area contributed by atoms with Crippen LogP contribution in [0.5, 0.6) is 0 Å². The molecule has 2 rings (SSSR count). The van der Waals surface area contributed by atoms with Gasteiger partial charge in [-0.25, -0.2) is 4.98 Å². The number of halogens is 2. The number of amides is 1. The maximum atomic E-state index is 11.9. The van der Waals surface area contributed by atoms with Gasteiger partial charge in [0.2, 0.25) is 11.9 Å². The van der Waals surface area contributed by atoms with Gasteiger partial charge in [0.1, 0.15) is 5.52 Å². The summed E-state index contributed by atoms with van der Waals surface area (Å²) >= 11 is 6.02. The van der Waals surface area contributed by atoms with E-state index in [-0.39, 0.29) is 18.3 Å². The van der Waals surface area contributed by atoms with E-state index in [1.165, 1.54) is 0 Å². The summed E-state index contributed by atoms with van der Waals surface area (Å²) in [6.45, 7) is 4.04. The van der Waals surface area contributed by atoms with Crippen molar-refractivity contribution < 1.29 is 4.79 Å². The molecule has 0 spiro atoms. The van der Waals surface area contributed by atoms with Crippen LogP contribution in [0.4, 0.5) is 5.95 Å². The lowest BCUT2D eigenvalue weighted by Gasteiger charge is -2.12. The highest BCUT2D eigenvalue weighted by atomic mass is 35.5. The minimum Gasteiger partial charge on any atom is -0.324 e. The van der Waals surface area contributed by atoms with Gasteiger partial charge < -0.3 is 10.7 Å². The molecule has 1 atom stereocenters. The third kappa shape index (κ3) is 3.85. The fourth-order valence-corrected chi connectivity index (χ4v) is 2.10. The van der Waals surface area contributed by atoms with Crippen molar-refractivity contribution in [3.05, 3.63) is 23.2 Å². The maximum Gasteiger partial charge on any atom is 0.243 e. The molecule has 1 heterocycles. The average Bonchev–Trinajstić information content (AvgIpc) is 2.72. The van der Waals surface area contributed by atoms with Gasteiger partial charge >= 0.3 is 0 Å². The average molecular weight is 317 g/mol. The van der Waals surface area contributed by atoms with Crippen LogP contribution in [0.25, 0.3) is 11.0 Å². The van der Waals surface area contributed by atoms with E-state index in [1.807, 2.05) is 26.0 Å². The molecule has 0 saturated carbocycles. The molecular weight excluding hydrogens is 299 g/mol. The second-order valence-corrected chi connectivity index (χ2v) is 5.35. The number of nitrogens with zero attached hydrogens (tertiary/aromatic N) is 1. The Labute approximate surface area is 128 Å². The number of nitrogens with one attached hydrogen (secondary N) is 2. The Morgan fingerprint density at radius 2 is 2.20 bits per heavy atom. The van der Waals surface area contributed by atoms with Crippen molar-refractivity contribution >= 4 is 46.9 Å². The molecular formula is C13H18Cl2N4O. The van der Waals surface area contributed by atoms with Crippen molar-refractivity contribution in [2.24, 2.45) is 11.7 Å². The number of H-pyrrole nitrogens is 1. The predicted molar refractivity (Wildman–Crippen MR) is 84.4 cm³/mol. The Kier molecular flexibility index (Phi) is 5.80. The fourth-order valence-electron chi connectivity index (χ4n) is 1.88. The van der Waals surface area contributed by atoms with Crippen LogP contribution in [0.3, 0.4) is 0 Å². The Balaban J connectivity index is 0.00000200. The van der Waals surface area contributed by atoms with Crippen molar-refractivity contribution in [3.8, 4) is 0 Å². The van der Waals surface area contributed by atoms with Crippen LogP contribution in [0.1, 0.15) is 20.3 Å². The van der Waals surface area contributed by atoms with Gasteiger partial charge in [0.25, 0.3) is 0 Å². The first kappa shape index (κ1) is 16.8. The lowest BCUT2D eigenvalue weighted by molar-refractivity contribution is -0.117. The fraction of sp³-hybridized carbons (Fsp3) is 0.385. The Morgan fingerprint density at radius 1 is 1.50 bits per heavy atom. The Hall–Kier alpha value is -1.30. The number of carbonyl (C=O) groups excluding carboxylic acids is 1. The summed E-state index contributed by atoms with van der Waals surface area (Å²) in [5.74, 6) is 0.488. The number of aromatic amines is 1. The number of fused-ring (bicyclic) bond motifs is 1. The molecule has 2 aromatic rings. The molecule has 0 aliphatic heterocycles.